The van der Waals surface area contributed by atoms with Crippen LogP contribution in [0.4, 0.5) is 0 Å². The summed E-state index contributed by atoms with van der Waals surface area (Å²) in [6, 6.07) is 6.13. The van der Waals surface area contributed by atoms with Crippen molar-refractivity contribution in [1.29, 1.82) is 0 Å². The van der Waals surface area contributed by atoms with Gasteiger partial charge in [0.2, 0.25) is 5.91 Å². The minimum atomic E-state index is -0.989. The molecule has 0 radical (unpaired) electrons. The lowest BCUT2D eigenvalue weighted by atomic mass is 10.1. The summed E-state index contributed by atoms with van der Waals surface area (Å²) in [5.41, 5.74) is 3.25. The van der Waals surface area contributed by atoms with Gasteiger partial charge in [0, 0.05) is 0 Å². The van der Waals surface area contributed by atoms with Crippen molar-refractivity contribution in [2.75, 3.05) is 13.2 Å². The normalized spacial score (nSPS) is 17.0. The van der Waals surface area contributed by atoms with Crippen molar-refractivity contribution in [3.8, 4) is 0 Å². The molecule has 2 rings (SSSR count). The molecule has 0 bridgehead atoms. The van der Waals surface area contributed by atoms with Gasteiger partial charge in [-0.1, -0.05) is 12.1 Å². The van der Waals surface area contributed by atoms with Gasteiger partial charge in [-0.25, -0.2) is 10.2 Å². The maximum absolute atomic E-state index is 11.7. The van der Waals surface area contributed by atoms with E-state index in [0.717, 1.165) is 0 Å². The second kappa shape index (κ2) is 6.47. The standard InChI is InChI=1S/C14H16N2O5/c1-14(20-6-7-21-14)8-12(17)16-15-9-10-2-4-11(5-3-10)13(18)19/h2-5,9H,6-8H2,1H3,(H,16,17)(H,18,19). The molecule has 2 N–H and O–H groups in total. The van der Waals surface area contributed by atoms with Crippen LogP contribution >= 0.6 is 0 Å². The number of amides is 1. The zero-order chi connectivity index (χ0) is 15.3. The highest BCUT2D eigenvalue weighted by atomic mass is 16.7. The van der Waals surface area contributed by atoms with Gasteiger partial charge in [-0.3, -0.25) is 4.79 Å². The minimum Gasteiger partial charge on any atom is -0.478 e. The number of hydrogen-bond acceptors (Lipinski definition) is 5. The molecule has 0 atom stereocenters. The average Bonchev–Trinajstić information content (AvgIpc) is 2.85. The molecule has 7 heteroatoms. The van der Waals surface area contributed by atoms with Gasteiger partial charge in [0.25, 0.3) is 0 Å². The third-order valence-electron chi connectivity index (χ3n) is 2.94. The largest absolute Gasteiger partial charge is 0.478 e. The number of carboxylic acids is 1. The molecule has 0 aromatic heterocycles. The lowest BCUT2D eigenvalue weighted by molar-refractivity contribution is -0.159. The molecule has 0 unspecified atom stereocenters. The topological polar surface area (TPSA) is 97.2 Å². The van der Waals surface area contributed by atoms with E-state index in [1.54, 1.807) is 19.1 Å². The van der Waals surface area contributed by atoms with Crippen molar-refractivity contribution in [1.82, 2.24) is 5.43 Å². The molecule has 1 amide bonds. The fourth-order valence-corrected chi connectivity index (χ4v) is 1.88. The fraction of sp³-hybridized carbons (Fsp3) is 0.357. The van der Waals surface area contributed by atoms with Gasteiger partial charge in [0.1, 0.15) is 0 Å². The molecule has 21 heavy (non-hydrogen) atoms. The molecule has 0 aliphatic carbocycles. The molecular formula is C14H16N2O5. The number of nitrogens with zero attached hydrogens (tertiary/aromatic N) is 1. The Kier molecular flexibility index (Phi) is 4.66. The number of benzene rings is 1. The summed E-state index contributed by atoms with van der Waals surface area (Å²) in [4.78, 5) is 22.4. The third-order valence-corrected chi connectivity index (χ3v) is 2.94. The number of carbonyl (C=O) groups excluding carboxylic acids is 1. The highest BCUT2D eigenvalue weighted by Crippen LogP contribution is 2.22. The van der Waals surface area contributed by atoms with E-state index in [2.05, 4.69) is 10.5 Å². The Morgan fingerprint density at radius 2 is 1.95 bits per heavy atom. The molecule has 0 spiro atoms. The number of carboxylic acid groups (broad SMARTS) is 1. The third kappa shape index (κ3) is 4.37. The van der Waals surface area contributed by atoms with Crippen LogP contribution in [-0.4, -0.2) is 42.2 Å². The summed E-state index contributed by atoms with van der Waals surface area (Å²) in [6.07, 6.45) is 1.49. The maximum atomic E-state index is 11.7. The molecule has 1 aliphatic rings. The fourth-order valence-electron chi connectivity index (χ4n) is 1.88. The highest BCUT2D eigenvalue weighted by Gasteiger charge is 2.33. The van der Waals surface area contributed by atoms with E-state index >= 15 is 0 Å². The second-order valence-electron chi connectivity index (χ2n) is 4.73. The number of aromatic carboxylic acids is 1. The summed E-state index contributed by atoms with van der Waals surface area (Å²) in [7, 11) is 0. The van der Waals surface area contributed by atoms with Gasteiger partial charge in [-0.2, -0.15) is 5.10 Å². The number of rotatable bonds is 5. The minimum absolute atomic E-state index is 0.0578. The quantitative estimate of drug-likeness (QED) is 0.623. The zero-order valence-electron chi connectivity index (χ0n) is 11.5. The Morgan fingerprint density at radius 3 is 2.52 bits per heavy atom. The van der Waals surface area contributed by atoms with Gasteiger partial charge < -0.3 is 14.6 Å². The predicted molar refractivity (Wildman–Crippen MR) is 74.1 cm³/mol. The first-order chi connectivity index (χ1) is 9.98. The molecule has 1 heterocycles. The molecule has 0 saturated carbocycles. The molecular weight excluding hydrogens is 276 g/mol. The molecule has 1 fully saturated rings. The molecule has 7 nitrogen and oxygen atoms in total. The van der Waals surface area contributed by atoms with Gasteiger partial charge >= 0.3 is 5.97 Å². The Morgan fingerprint density at radius 1 is 1.33 bits per heavy atom. The lowest BCUT2D eigenvalue weighted by Crippen LogP contribution is -2.33. The Balaban J connectivity index is 1.84. The van der Waals surface area contributed by atoms with Crippen LogP contribution in [0.1, 0.15) is 29.3 Å². The predicted octanol–water partition coefficient (Wildman–Crippen LogP) is 0.988. The van der Waals surface area contributed by atoms with Crippen LogP contribution in [0.3, 0.4) is 0 Å². The van der Waals surface area contributed by atoms with Crippen LogP contribution < -0.4 is 5.43 Å². The van der Waals surface area contributed by atoms with Gasteiger partial charge in [-0.15, -0.1) is 0 Å². The zero-order valence-corrected chi connectivity index (χ0v) is 11.5. The number of nitrogens with one attached hydrogen (secondary N) is 1. The molecule has 1 aliphatic heterocycles. The Bertz CT molecular complexity index is 547. The first-order valence-electron chi connectivity index (χ1n) is 6.42. The van der Waals surface area contributed by atoms with Crippen LogP contribution in [0.2, 0.25) is 0 Å². The molecule has 112 valence electrons. The monoisotopic (exact) mass is 292 g/mol. The van der Waals surface area contributed by atoms with Crippen LogP contribution in [0.15, 0.2) is 29.4 Å². The lowest BCUT2D eigenvalue weighted by Gasteiger charge is -2.20. The van der Waals surface area contributed by atoms with Gasteiger partial charge in [0.05, 0.1) is 31.4 Å². The molecule has 1 aromatic carbocycles. The smallest absolute Gasteiger partial charge is 0.335 e. The first kappa shape index (κ1) is 15.1. The summed E-state index contributed by atoms with van der Waals surface area (Å²) in [6.45, 7) is 2.65. The van der Waals surface area contributed by atoms with Crippen LogP contribution in [0, 0.1) is 0 Å². The van der Waals surface area contributed by atoms with Crippen molar-refractivity contribution >= 4 is 18.1 Å². The molecule has 1 aromatic rings. The SMILES string of the molecule is CC1(CC(=O)NN=Cc2ccc(C(=O)O)cc2)OCCO1. The number of carbonyl (C=O) groups is 2. The number of hydrazone groups is 1. The van der Waals surface area contributed by atoms with E-state index in [1.807, 2.05) is 0 Å². The van der Waals surface area contributed by atoms with E-state index < -0.39 is 11.8 Å². The maximum Gasteiger partial charge on any atom is 0.335 e. The summed E-state index contributed by atoms with van der Waals surface area (Å²) >= 11 is 0. The van der Waals surface area contributed by atoms with Crippen molar-refractivity contribution in [2.24, 2.45) is 5.10 Å². The van der Waals surface area contributed by atoms with Crippen LogP contribution in [0.25, 0.3) is 0 Å². The number of hydrogen-bond donors (Lipinski definition) is 2. The van der Waals surface area contributed by atoms with Crippen molar-refractivity contribution in [3.05, 3.63) is 35.4 Å². The van der Waals surface area contributed by atoms with E-state index in [9.17, 15) is 9.59 Å². The van der Waals surface area contributed by atoms with Crippen LogP contribution in [0.5, 0.6) is 0 Å². The van der Waals surface area contributed by atoms with E-state index in [4.69, 9.17) is 14.6 Å². The van der Waals surface area contributed by atoms with E-state index in [1.165, 1.54) is 18.3 Å². The molecule has 1 saturated heterocycles. The van der Waals surface area contributed by atoms with Crippen molar-refractivity contribution < 1.29 is 24.2 Å². The summed E-state index contributed by atoms with van der Waals surface area (Å²) in [5.74, 6) is -2.20. The highest BCUT2D eigenvalue weighted by molar-refractivity contribution is 5.89. The second-order valence-corrected chi connectivity index (χ2v) is 4.73. The van der Waals surface area contributed by atoms with E-state index in [-0.39, 0.29) is 17.9 Å². The van der Waals surface area contributed by atoms with Gasteiger partial charge in [-0.05, 0) is 24.6 Å². The summed E-state index contributed by atoms with van der Waals surface area (Å²) < 4.78 is 10.6. The van der Waals surface area contributed by atoms with E-state index in [0.29, 0.717) is 18.8 Å². The Labute approximate surface area is 121 Å². The van der Waals surface area contributed by atoms with Crippen molar-refractivity contribution in [3.63, 3.8) is 0 Å². The van der Waals surface area contributed by atoms with Crippen LogP contribution in [-0.2, 0) is 14.3 Å². The summed E-state index contributed by atoms with van der Waals surface area (Å²) in [5, 5.41) is 12.6. The Hall–Kier alpha value is -2.25. The van der Waals surface area contributed by atoms with Crippen molar-refractivity contribution in [2.45, 2.75) is 19.1 Å². The average molecular weight is 292 g/mol. The first-order valence-corrected chi connectivity index (χ1v) is 6.42. The van der Waals surface area contributed by atoms with Gasteiger partial charge in [0.15, 0.2) is 5.79 Å². The number of ether oxygens (including phenoxy) is 2.